The summed E-state index contributed by atoms with van der Waals surface area (Å²) in [5.74, 6) is -0.528. The summed E-state index contributed by atoms with van der Waals surface area (Å²) in [7, 11) is 0. The molecule has 1 heterocycles. The van der Waals surface area contributed by atoms with E-state index in [1.165, 1.54) is 18.3 Å². The first-order valence-corrected chi connectivity index (χ1v) is 9.91. The number of nitrogens with zero attached hydrogens (tertiary/aromatic N) is 3. The van der Waals surface area contributed by atoms with E-state index in [0.717, 1.165) is 10.2 Å². The molecule has 2 amide bonds. The quantitative estimate of drug-likeness (QED) is 0.633. The highest BCUT2D eigenvalue weighted by Crippen LogP contribution is 2.22. The van der Waals surface area contributed by atoms with Crippen molar-refractivity contribution < 1.29 is 14.3 Å². The Kier molecular flexibility index (Phi) is 6.54. The average molecular weight is 408 g/mol. The second-order valence-electron chi connectivity index (χ2n) is 6.20. The first-order valence-electron chi connectivity index (χ1n) is 9.09. The van der Waals surface area contributed by atoms with Gasteiger partial charge < -0.3 is 14.6 Å². The second kappa shape index (κ2) is 9.28. The van der Waals surface area contributed by atoms with Gasteiger partial charge in [-0.25, -0.2) is 0 Å². The first-order chi connectivity index (χ1) is 14.0. The van der Waals surface area contributed by atoms with E-state index in [1.54, 1.807) is 24.3 Å². The maximum absolute atomic E-state index is 12.6. The maximum Gasteiger partial charge on any atom is 0.279 e. The maximum atomic E-state index is 12.6. The Hall–Kier alpha value is -3.28. The van der Waals surface area contributed by atoms with Crippen LogP contribution in [-0.4, -0.2) is 29.6 Å². The number of benzene rings is 2. The number of carbonyl (C=O) groups is 2. The molecule has 0 aliphatic carbocycles. The van der Waals surface area contributed by atoms with Crippen molar-refractivity contribution in [2.75, 3.05) is 18.5 Å². The molecule has 29 heavy (non-hydrogen) atoms. The number of carbonyl (C=O) groups excluding carboxylic acids is 2. The summed E-state index contributed by atoms with van der Waals surface area (Å²) in [4.78, 5) is 28.8. The minimum atomic E-state index is -0.381. The molecule has 0 atom stereocenters. The highest BCUT2D eigenvalue weighted by atomic mass is 32.1. The Morgan fingerprint density at radius 2 is 2.00 bits per heavy atom. The zero-order chi connectivity index (χ0) is 20.8. The van der Waals surface area contributed by atoms with Gasteiger partial charge in [-0.05, 0) is 49.4 Å². The number of hydrogen-bond acceptors (Lipinski definition) is 5. The van der Waals surface area contributed by atoms with E-state index in [4.69, 9.17) is 10.00 Å². The van der Waals surface area contributed by atoms with Gasteiger partial charge >= 0.3 is 0 Å². The number of rotatable bonds is 6. The van der Waals surface area contributed by atoms with Crippen LogP contribution in [0.5, 0.6) is 0 Å². The minimum absolute atomic E-state index is 0.147. The van der Waals surface area contributed by atoms with E-state index in [9.17, 15) is 9.59 Å². The van der Waals surface area contributed by atoms with Crippen molar-refractivity contribution in [3.05, 3.63) is 58.4 Å². The van der Waals surface area contributed by atoms with E-state index in [0.29, 0.717) is 41.4 Å². The number of nitriles is 1. The van der Waals surface area contributed by atoms with Crippen molar-refractivity contribution in [1.82, 2.24) is 4.57 Å². The summed E-state index contributed by atoms with van der Waals surface area (Å²) in [6.45, 7) is 5.03. The van der Waals surface area contributed by atoms with Crippen molar-refractivity contribution in [3.8, 4) is 6.07 Å². The van der Waals surface area contributed by atoms with E-state index in [2.05, 4.69) is 10.3 Å². The Bertz CT molecular complexity index is 1150. The van der Waals surface area contributed by atoms with Crippen molar-refractivity contribution in [3.63, 3.8) is 0 Å². The van der Waals surface area contributed by atoms with E-state index >= 15 is 0 Å². The number of anilines is 1. The lowest BCUT2D eigenvalue weighted by Crippen LogP contribution is -2.19. The molecule has 0 fully saturated rings. The molecule has 1 aromatic heterocycles. The molecule has 3 rings (SSSR count). The molecule has 8 heteroatoms. The van der Waals surface area contributed by atoms with Crippen LogP contribution in [0.15, 0.2) is 47.5 Å². The number of ether oxygens (including phenoxy) is 1. The summed E-state index contributed by atoms with van der Waals surface area (Å²) in [5.41, 5.74) is 2.50. The Morgan fingerprint density at radius 1 is 1.24 bits per heavy atom. The SMILES string of the molecule is CCOCCn1c(=NC(=O)c2ccc(C#N)cc2)sc2cc(NC(C)=O)ccc21. The van der Waals surface area contributed by atoms with Gasteiger partial charge in [0, 0.05) is 31.3 Å². The fourth-order valence-electron chi connectivity index (χ4n) is 2.79. The summed E-state index contributed by atoms with van der Waals surface area (Å²) in [6, 6.07) is 14.0. The van der Waals surface area contributed by atoms with Gasteiger partial charge in [-0.2, -0.15) is 10.3 Å². The Balaban J connectivity index is 2.03. The summed E-state index contributed by atoms with van der Waals surface area (Å²) in [5, 5.41) is 11.7. The van der Waals surface area contributed by atoms with Crippen LogP contribution < -0.4 is 10.1 Å². The standard InChI is InChI=1S/C21H20N4O3S/c1-3-28-11-10-25-18-9-8-17(23-14(2)26)12-19(18)29-21(25)24-20(27)16-6-4-15(13-22)5-7-16/h4-9,12H,3,10-11H2,1-2H3,(H,23,26). The van der Waals surface area contributed by atoms with Crippen LogP contribution in [-0.2, 0) is 16.1 Å². The molecular weight excluding hydrogens is 388 g/mol. The lowest BCUT2D eigenvalue weighted by Gasteiger charge is -2.06. The van der Waals surface area contributed by atoms with Crippen molar-refractivity contribution in [1.29, 1.82) is 5.26 Å². The zero-order valence-electron chi connectivity index (χ0n) is 16.1. The number of amides is 2. The lowest BCUT2D eigenvalue weighted by atomic mass is 10.1. The van der Waals surface area contributed by atoms with Crippen LogP contribution in [0, 0.1) is 11.3 Å². The molecule has 1 N–H and O–H groups in total. The van der Waals surface area contributed by atoms with Gasteiger partial charge in [0.2, 0.25) is 5.91 Å². The van der Waals surface area contributed by atoms with Gasteiger partial charge in [-0.15, -0.1) is 0 Å². The fraction of sp³-hybridized carbons (Fsp3) is 0.238. The predicted octanol–water partition coefficient (Wildman–Crippen LogP) is 3.31. The molecule has 0 radical (unpaired) electrons. The molecule has 0 spiro atoms. The molecule has 0 aliphatic rings. The molecule has 0 aliphatic heterocycles. The number of fused-ring (bicyclic) bond motifs is 1. The fourth-order valence-corrected chi connectivity index (χ4v) is 3.89. The number of thiazole rings is 1. The van der Waals surface area contributed by atoms with E-state index in [1.807, 2.05) is 35.8 Å². The Labute approximate surface area is 171 Å². The first kappa shape index (κ1) is 20.5. The van der Waals surface area contributed by atoms with Crippen molar-refractivity contribution >= 4 is 39.1 Å². The molecule has 0 bridgehead atoms. The van der Waals surface area contributed by atoms with Crippen LogP contribution in [0.25, 0.3) is 10.2 Å². The number of nitrogens with one attached hydrogen (secondary N) is 1. The summed E-state index contributed by atoms with van der Waals surface area (Å²) in [6.07, 6.45) is 0. The third-order valence-corrected chi connectivity index (χ3v) is 5.17. The zero-order valence-corrected chi connectivity index (χ0v) is 17.0. The third kappa shape index (κ3) is 4.96. The molecule has 2 aromatic carbocycles. The lowest BCUT2D eigenvalue weighted by molar-refractivity contribution is -0.114. The van der Waals surface area contributed by atoms with E-state index in [-0.39, 0.29) is 11.8 Å². The highest BCUT2D eigenvalue weighted by Gasteiger charge is 2.11. The highest BCUT2D eigenvalue weighted by molar-refractivity contribution is 7.16. The molecule has 7 nitrogen and oxygen atoms in total. The van der Waals surface area contributed by atoms with Crippen molar-refractivity contribution in [2.24, 2.45) is 4.99 Å². The number of aromatic nitrogens is 1. The summed E-state index contributed by atoms with van der Waals surface area (Å²) >= 11 is 1.37. The number of hydrogen-bond donors (Lipinski definition) is 1. The minimum Gasteiger partial charge on any atom is -0.380 e. The van der Waals surface area contributed by atoms with Crippen LogP contribution in [0.4, 0.5) is 5.69 Å². The van der Waals surface area contributed by atoms with Crippen LogP contribution in [0.2, 0.25) is 0 Å². The van der Waals surface area contributed by atoms with Crippen LogP contribution in [0.1, 0.15) is 29.8 Å². The van der Waals surface area contributed by atoms with Gasteiger partial charge in [0.1, 0.15) is 0 Å². The Morgan fingerprint density at radius 3 is 2.66 bits per heavy atom. The molecule has 3 aromatic rings. The van der Waals surface area contributed by atoms with Gasteiger partial charge in [-0.3, -0.25) is 9.59 Å². The molecule has 148 valence electrons. The average Bonchev–Trinajstić information content (AvgIpc) is 3.04. The van der Waals surface area contributed by atoms with Gasteiger partial charge in [-0.1, -0.05) is 11.3 Å². The van der Waals surface area contributed by atoms with Crippen molar-refractivity contribution in [2.45, 2.75) is 20.4 Å². The summed E-state index contributed by atoms with van der Waals surface area (Å²) < 4.78 is 8.31. The second-order valence-corrected chi connectivity index (χ2v) is 7.21. The topological polar surface area (TPSA) is 96.5 Å². The molecule has 0 unspecified atom stereocenters. The molecular formula is C21H20N4O3S. The van der Waals surface area contributed by atoms with Gasteiger partial charge in [0.15, 0.2) is 4.80 Å². The smallest absolute Gasteiger partial charge is 0.279 e. The normalized spacial score (nSPS) is 11.4. The molecule has 0 saturated heterocycles. The van der Waals surface area contributed by atoms with Gasteiger partial charge in [0.05, 0.1) is 28.5 Å². The molecule has 0 saturated carbocycles. The predicted molar refractivity (Wildman–Crippen MR) is 112 cm³/mol. The monoisotopic (exact) mass is 408 g/mol. The van der Waals surface area contributed by atoms with Crippen LogP contribution >= 0.6 is 11.3 Å². The van der Waals surface area contributed by atoms with Crippen LogP contribution in [0.3, 0.4) is 0 Å². The third-order valence-electron chi connectivity index (χ3n) is 4.12. The van der Waals surface area contributed by atoms with E-state index < -0.39 is 0 Å². The van der Waals surface area contributed by atoms with Gasteiger partial charge in [0.25, 0.3) is 5.91 Å². The largest absolute Gasteiger partial charge is 0.380 e.